The highest BCUT2D eigenvalue weighted by atomic mass is 32.1. The van der Waals surface area contributed by atoms with Crippen molar-refractivity contribution in [3.05, 3.63) is 72.1 Å². The number of thiophene rings is 1. The molecule has 21 heavy (non-hydrogen) atoms. The van der Waals surface area contributed by atoms with E-state index in [0.29, 0.717) is 0 Å². The van der Waals surface area contributed by atoms with Crippen LogP contribution in [0.3, 0.4) is 0 Å². The third-order valence-corrected chi connectivity index (χ3v) is 10.4. The van der Waals surface area contributed by atoms with Crippen LogP contribution in [0.15, 0.2) is 72.1 Å². The van der Waals surface area contributed by atoms with Crippen molar-refractivity contribution < 1.29 is 4.74 Å². The number of methoxy groups -OCH3 is 1. The second-order valence-electron chi connectivity index (χ2n) is 5.17. The van der Waals surface area contributed by atoms with Crippen molar-refractivity contribution in [1.29, 1.82) is 0 Å². The van der Waals surface area contributed by atoms with Gasteiger partial charge in [-0.3, -0.25) is 0 Å². The fourth-order valence-electron chi connectivity index (χ4n) is 2.82. The summed E-state index contributed by atoms with van der Waals surface area (Å²) in [5.41, 5.74) is 0. The van der Waals surface area contributed by atoms with Gasteiger partial charge in [-0.1, -0.05) is 67.2 Å². The summed E-state index contributed by atoms with van der Waals surface area (Å²) in [5.74, 6) is 0.990. The van der Waals surface area contributed by atoms with E-state index in [1.54, 1.807) is 7.11 Å². The molecule has 0 aliphatic carbocycles. The lowest BCUT2D eigenvalue weighted by Gasteiger charge is -2.29. The van der Waals surface area contributed by atoms with Crippen molar-refractivity contribution in [2.45, 2.75) is 6.55 Å². The highest BCUT2D eigenvalue weighted by molar-refractivity contribution is 7.31. The standard InChI is InChI=1S/C18H18OSSi/c1-19-16-11-6-7-12-17(16)21(2,18-13-8-14-20-18)15-9-4-3-5-10-15/h3-14H,1-2H3/t21-/m1/s1. The van der Waals surface area contributed by atoms with Gasteiger partial charge >= 0.3 is 0 Å². The Morgan fingerprint density at radius 1 is 0.857 bits per heavy atom. The average Bonchev–Trinajstić information content (AvgIpc) is 3.10. The van der Waals surface area contributed by atoms with E-state index < -0.39 is 8.07 Å². The van der Waals surface area contributed by atoms with E-state index in [4.69, 9.17) is 4.74 Å². The van der Waals surface area contributed by atoms with Crippen LogP contribution in [-0.4, -0.2) is 15.2 Å². The van der Waals surface area contributed by atoms with Crippen LogP contribution in [-0.2, 0) is 0 Å². The Balaban J connectivity index is 2.27. The zero-order chi connectivity index (χ0) is 14.7. The van der Waals surface area contributed by atoms with Crippen LogP contribution in [0, 0.1) is 0 Å². The lowest BCUT2D eigenvalue weighted by Crippen LogP contribution is -2.64. The van der Waals surface area contributed by atoms with Crippen molar-refractivity contribution in [1.82, 2.24) is 0 Å². The minimum Gasteiger partial charge on any atom is -0.497 e. The molecule has 0 radical (unpaired) electrons. The maximum Gasteiger partial charge on any atom is 0.162 e. The molecule has 1 heterocycles. The summed E-state index contributed by atoms with van der Waals surface area (Å²) >= 11 is 1.84. The third-order valence-electron chi connectivity index (χ3n) is 4.01. The van der Waals surface area contributed by atoms with Gasteiger partial charge in [-0.2, -0.15) is 11.3 Å². The number of rotatable bonds is 4. The van der Waals surface area contributed by atoms with Crippen molar-refractivity contribution in [3.8, 4) is 5.75 Å². The minimum atomic E-state index is -2.00. The molecule has 0 saturated carbocycles. The molecule has 0 N–H and O–H groups in total. The van der Waals surface area contributed by atoms with Gasteiger partial charge in [-0.05, 0) is 21.8 Å². The largest absolute Gasteiger partial charge is 0.497 e. The number of hydrogen-bond donors (Lipinski definition) is 0. The van der Waals surface area contributed by atoms with Crippen LogP contribution in [0.5, 0.6) is 5.75 Å². The SMILES string of the molecule is COc1ccccc1[Si@@](C)(c1ccccc1)c1cccs1. The molecule has 2 aromatic carbocycles. The van der Waals surface area contributed by atoms with Crippen LogP contribution in [0.25, 0.3) is 0 Å². The highest BCUT2D eigenvalue weighted by Crippen LogP contribution is 2.16. The van der Waals surface area contributed by atoms with Gasteiger partial charge in [0, 0.05) is 4.50 Å². The quantitative estimate of drug-likeness (QED) is 0.673. The summed E-state index contributed by atoms with van der Waals surface area (Å²) in [6, 6.07) is 23.7. The molecule has 0 amide bonds. The number of benzene rings is 2. The van der Waals surface area contributed by atoms with Gasteiger partial charge in [-0.25, -0.2) is 0 Å². The molecule has 0 fully saturated rings. The maximum absolute atomic E-state index is 5.65. The number of ether oxygens (including phenoxy) is 1. The molecule has 0 aliphatic heterocycles. The van der Waals surface area contributed by atoms with Gasteiger partial charge in [0.1, 0.15) is 5.75 Å². The second-order valence-corrected chi connectivity index (χ2v) is 10.4. The highest BCUT2D eigenvalue weighted by Gasteiger charge is 2.37. The molecule has 3 rings (SSSR count). The molecular weight excluding hydrogens is 292 g/mol. The normalized spacial score (nSPS) is 13.6. The van der Waals surface area contributed by atoms with Crippen LogP contribution in [0.2, 0.25) is 6.55 Å². The Labute approximate surface area is 130 Å². The Morgan fingerprint density at radius 2 is 1.57 bits per heavy atom. The van der Waals surface area contributed by atoms with Gasteiger partial charge in [-0.15, -0.1) is 0 Å². The van der Waals surface area contributed by atoms with Gasteiger partial charge in [0.15, 0.2) is 8.07 Å². The fraction of sp³-hybridized carbons (Fsp3) is 0.111. The minimum absolute atomic E-state index is 0.990. The van der Waals surface area contributed by atoms with E-state index in [-0.39, 0.29) is 0 Å². The lowest BCUT2D eigenvalue weighted by molar-refractivity contribution is 0.418. The van der Waals surface area contributed by atoms with E-state index in [0.717, 1.165) is 5.75 Å². The third kappa shape index (κ3) is 2.43. The summed E-state index contributed by atoms with van der Waals surface area (Å²) in [6.45, 7) is 2.41. The first kappa shape index (κ1) is 14.1. The van der Waals surface area contributed by atoms with E-state index >= 15 is 0 Å². The van der Waals surface area contributed by atoms with Gasteiger partial charge in [0.05, 0.1) is 7.11 Å². The van der Waals surface area contributed by atoms with Crippen molar-refractivity contribution in [3.63, 3.8) is 0 Å². The molecule has 1 nitrogen and oxygen atoms in total. The molecule has 0 aliphatic rings. The predicted octanol–water partition coefficient (Wildman–Crippen LogP) is 2.86. The summed E-state index contributed by atoms with van der Waals surface area (Å²) in [7, 11) is -0.241. The smallest absolute Gasteiger partial charge is 0.162 e. The number of hydrogen-bond acceptors (Lipinski definition) is 2. The molecule has 1 atom stereocenters. The topological polar surface area (TPSA) is 9.23 Å². The van der Waals surface area contributed by atoms with E-state index in [1.807, 2.05) is 17.4 Å². The maximum atomic E-state index is 5.65. The molecule has 0 bridgehead atoms. The van der Waals surface area contributed by atoms with Gasteiger partial charge in [0.2, 0.25) is 0 Å². The first-order valence-electron chi connectivity index (χ1n) is 7.00. The molecule has 1 aromatic heterocycles. The Morgan fingerprint density at radius 3 is 2.24 bits per heavy atom. The summed E-state index contributed by atoms with van der Waals surface area (Å²) in [4.78, 5) is 0. The van der Waals surface area contributed by atoms with Crippen LogP contribution >= 0.6 is 11.3 Å². The Kier molecular flexibility index (Phi) is 3.95. The monoisotopic (exact) mass is 310 g/mol. The van der Waals surface area contributed by atoms with E-state index in [9.17, 15) is 0 Å². The lowest BCUT2D eigenvalue weighted by atomic mass is 10.3. The fourth-order valence-corrected chi connectivity index (χ4v) is 8.37. The molecule has 3 aromatic rings. The first-order chi connectivity index (χ1) is 10.3. The van der Waals surface area contributed by atoms with Crippen molar-refractivity contribution >= 4 is 34.3 Å². The Hall–Kier alpha value is -1.84. The second kappa shape index (κ2) is 5.88. The number of para-hydroxylation sites is 1. The van der Waals surface area contributed by atoms with Crippen molar-refractivity contribution in [2.24, 2.45) is 0 Å². The molecule has 3 heteroatoms. The van der Waals surface area contributed by atoms with Crippen LogP contribution in [0.4, 0.5) is 0 Å². The Bertz CT molecular complexity index is 709. The molecule has 106 valence electrons. The van der Waals surface area contributed by atoms with Gasteiger partial charge < -0.3 is 4.74 Å². The zero-order valence-electron chi connectivity index (χ0n) is 12.2. The summed E-state index contributed by atoms with van der Waals surface area (Å²) in [5, 5.41) is 4.91. The van der Waals surface area contributed by atoms with Crippen molar-refractivity contribution in [2.75, 3.05) is 7.11 Å². The zero-order valence-corrected chi connectivity index (χ0v) is 14.1. The van der Waals surface area contributed by atoms with Gasteiger partial charge in [0.25, 0.3) is 0 Å². The van der Waals surface area contributed by atoms with E-state index in [2.05, 4.69) is 72.6 Å². The molecule has 0 spiro atoms. The molecule has 0 unspecified atom stereocenters. The van der Waals surface area contributed by atoms with E-state index in [1.165, 1.54) is 14.9 Å². The molecule has 0 saturated heterocycles. The van der Waals surface area contributed by atoms with Crippen LogP contribution < -0.4 is 19.6 Å². The predicted molar refractivity (Wildman–Crippen MR) is 94.3 cm³/mol. The summed E-state index contributed by atoms with van der Waals surface area (Å²) in [6.07, 6.45) is 0. The van der Waals surface area contributed by atoms with Crippen LogP contribution in [0.1, 0.15) is 0 Å². The average molecular weight is 310 g/mol. The molecular formula is C18H18OSSi. The first-order valence-corrected chi connectivity index (χ1v) is 10.4. The summed E-state index contributed by atoms with van der Waals surface area (Å²) < 4.78 is 7.11.